The highest BCUT2D eigenvalue weighted by molar-refractivity contribution is 8.19. The van der Waals surface area contributed by atoms with E-state index in [1.807, 2.05) is 75.5 Å². The lowest BCUT2D eigenvalue weighted by Crippen LogP contribution is -2.47. The van der Waals surface area contributed by atoms with Gasteiger partial charge in [0.2, 0.25) is 0 Å². The highest BCUT2D eigenvalue weighted by Gasteiger charge is 2.23. The average molecular weight is 1460 g/mol. The van der Waals surface area contributed by atoms with Gasteiger partial charge in [0, 0.05) is 89.1 Å². The van der Waals surface area contributed by atoms with Crippen LogP contribution in [0, 0.1) is 0 Å². The summed E-state index contributed by atoms with van der Waals surface area (Å²) in [7, 11) is 0. The van der Waals surface area contributed by atoms with E-state index in [0.29, 0.717) is 25.8 Å². The molecule has 1 aliphatic rings. The summed E-state index contributed by atoms with van der Waals surface area (Å²) in [6, 6.07) is 0. The summed E-state index contributed by atoms with van der Waals surface area (Å²) in [5.41, 5.74) is 0. The van der Waals surface area contributed by atoms with Gasteiger partial charge < -0.3 is 38.2 Å². The molecule has 0 aliphatic carbocycles. The maximum absolute atomic E-state index is 13.1. The molecule has 0 atom stereocenters. The topological polar surface area (TPSA) is 128 Å². The van der Waals surface area contributed by atoms with Gasteiger partial charge in [-0.05, 0) is 130 Å². The number of unbranched alkanes of at least 4 members (excludes halogenated alkanes) is 27. The molecule has 1 aliphatic heterocycles. The summed E-state index contributed by atoms with van der Waals surface area (Å²) >= 11 is 11.5. The molecule has 13 nitrogen and oxygen atoms in total. The number of carbonyl (C=O) groups excluding carboxylic acids is 3. The minimum Gasteiger partial charge on any atom is -0.450 e. The predicted octanol–water partition coefficient (Wildman–Crippen LogP) is 20.5. The number of carbonyl (C=O) groups is 3. The van der Waals surface area contributed by atoms with Gasteiger partial charge in [0.1, 0.15) is 20.2 Å². The molecule has 0 bridgehead atoms. The van der Waals surface area contributed by atoms with Gasteiger partial charge in [0.25, 0.3) is 0 Å². The maximum Gasteiger partial charge on any atom is 0.307 e. The molecular formula is C76H150N4O9S6. The zero-order chi connectivity index (χ0) is 69.3. The number of hydrogen-bond acceptors (Lipinski definition) is 19. The van der Waals surface area contributed by atoms with Gasteiger partial charge in [-0.3, -0.25) is 19.7 Å². The fourth-order valence-electron chi connectivity index (χ4n) is 11.2. The normalized spacial score (nSPS) is 13.6. The smallest absolute Gasteiger partial charge is 0.307 e. The predicted molar refractivity (Wildman–Crippen MR) is 422 cm³/mol. The van der Waals surface area contributed by atoms with Crippen LogP contribution in [0.2, 0.25) is 0 Å². The first-order valence-corrected chi connectivity index (χ1v) is 44.9. The monoisotopic (exact) mass is 1450 g/mol. The standard InChI is InChI=1S/C76H150N4O9S6/c1-10-13-16-19-22-25-28-31-34-37-56-84-59-65-93-74(4,5)90-62-40-45-71(81)87-68-77-48-43-49-78-52-54-79(55-53-78)50-44-51-80(69-88-72(82)46-41-63-91-75(6,7)94-66-60-85-57-38-35-32-29-26-23-20-17-14-11-2)70-89-73(83)47-42-64-92-76(8,9)95-67-61-86-58-39-36-33-30-27-24-21-18-15-12-3/h77H,10-70H2,1-9H3. The van der Waals surface area contributed by atoms with E-state index >= 15 is 0 Å². The van der Waals surface area contributed by atoms with Crippen LogP contribution in [0.25, 0.3) is 0 Å². The van der Waals surface area contributed by atoms with Crippen LogP contribution in [0.3, 0.4) is 0 Å². The third-order valence-corrected chi connectivity index (χ3v) is 26.2. The van der Waals surface area contributed by atoms with Crippen LogP contribution in [0.4, 0.5) is 0 Å². The van der Waals surface area contributed by atoms with E-state index in [0.717, 1.165) is 165 Å². The molecule has 1 heterocycles. The second-order valence-corrected chi connectivity index (χ2v) is 38.8. The number of hydrogen-bond donors (Lipinski definition) is 1. The first kappa shape index (κ1) is 93.2. The minimum atomic E-state index is -0.209. The number of nitrogens with one attached hydrogen (secondary N) is 1. The van der Waals surface area contributed by atoms with Crippen molar-refractivity contribution in [1.29, 1.82) is 0 Å². The molecule has 564 valence electrons. The van der Waals surface area contributed by atoms with Crippen LogP contribution in [0.15, 0.2) is 0 Å². The minimum absolute atomic E-state index is 0.0447. The van der Waals surface area contributed by atoms with Crippen molar-refractivity contribution in [3.05, 3.63) is 0 Å². The lowest BCUT2D eigenvalue weighted by Gasteiger charge is -2.35. The molecule has 1 saturated heterocycles. The zero-order valence-electron chi connectivity index (χ0n) is 63.1. The molecule has 1 rings (SSSR count). The number of thioether (sulfide) groups is 6. The Morgan fingerprint density at radius 1 is 0.347 bits per heavy atom. The molecule has 0 aromatic rings. The van der Waals surface area contributed by atoms with E-state index in [-0.39, 0.29) is 50.3 Å². The summed E-state index contributed by atoms with van der Waals surface area (Å²) in [5.74, 6) is 5.09. The lowest BCUT2D eigenvalue weighted by molar-refractivity contribution is -0.157. The van der Waals surface area contributed by atoms with Crippen LogP contribution in [-0.2, 0) is 42.8 Å². The van der Waals surface area contributed by atoms with Crippen LogP contribution >= 0.6 is 70.6 Å². The number of esters is 3. The van der Waals surface area contributed by atoms with Crippen molar-refractivity contribution in [2.75, 3.05) is 147 Å². The van der Waals surface area contributed by atoms with E-state index in [4.69, 9.17) is 28.4 Å². The second-order valence-electron chi connectivity index (χ2n) is 27.7. The second kappa shape index (κ2) is 67.4. The van der Waals surface area contributed by atoms with Crippen molar-refractivity contribution in [3.63, 3.8) is 0 Å². The van der Waals surface area contributed by atoms with Crippen LogP contribution in [0.5, 0.6) is 0 Å². The van der Waals surface area contributed by atoms with Gasteiger partial charge in [-0.1, -0.05) is 194 Å². The Morgan fingerprint density at radius 3 is 0.958 bits per heavy atom. The first-order chi connectivity index (χ1) is 46.1. The quantitative estimate of drug-likeness (QED) is 0.0268. The van der Waals surface area contributed by atoms with Crippen molar-refractivity contribution in [3.8, 4) is 0 Å². The van der Waals surface area contributed by atoms with Crippen molar-refractivity contribution >= 4 is 88.5 Å². The van der Waals surface area contributed by atoms with Gasteiger partial charge in [-0.2, -0.15) is 0 Å². The van der Waals surface area contributed by atoms with E-state index < -0.39 is 0 Å². The van der Waals surface area contributed by atoms with Gasteiger partial charge in [-0.15, -0.1) is 70.6 Å². The van der Waals surface area contributed by atoms with Crippen molar-refractivity contribution in [2.45, 2.75) is 319 Å². The molecule has 0 aromatic heterocycles. The van der Waals surface area contributed by atoms with Crippen molar-refractivity contribution in [1.82, 2.24) is 20.0 Å². The molecular weight excluding hydrogens is 1310 g/mol. The largest absolute Gasteiger partial charge is 0.450 e. The van der Waals surface area contributed by atoms with Crippen LogP contribution < -0.4 is 5.32 Å². The number of rotatable bonds is 74. The molecule has 1 fully saturated rings. The Kier molecular flexibility index (Phi) is 66.2. The number of ether oxygens (including phenoxy) is 6. The SMILES string of the molecule is CCCCCCCCCCCCOCCSC(C)(C)SCCCC(=O)OCNCCCN1CCN(CCCN(COC(=O)CCCSC(C)(C)SCCOCCCCCCCCCCCC)COC(=O)CCCSC(C)(C)SCCOCCCCCCCCCCCC)CC1. The summed E-state index contributed by atoms with van der Waals surface area (Å²) in [6.07, 6.45) is 45.6. The molecule has 19 heteroatoms. The third kappa shape index (κ3) is 66.0. The van der Waals surface area contributed by atoms with Crippen LogP contribution in [0.1, 0.15) is 306 Å². The van der Waals surface area contributed by atoms with E-state index in [2.05, 4.69) is 77.4 Å². The van der Waals surface area contributed by atoms with Gasteiger partial charge in [-0.25, -0.2) is 4.90 Å². The molecule has 95 heavy (non-hydrogen) atoms. The Hall–Kier alpha value is 0.230. The zero-order valence-corrected chi connectivity index (χ0v) is 68.0. The number of nitrogens with zero attached hydrogens (tertiary/aromatic N) is 3. The Morgan fingerprint density at radius 2 is 0.632 bits per heavy atom. The fourth-order valence-corrected chi connectivity index (χ4v) is 18.2. The van der Waals surface area contributed by atoms with Crippen LogP contribution in [-0.4, -0.2) is 192 Å². The molecule has 0 radical (unpaired) electrons. The van der Waals surface area contributed by atoms with Gasteiger partial charge in [0.15, 0.2) is 0 Å². The molecule has 0 aromatic carbocycles. The third-order valence-electron chi connectivity index (χ3n) is 17.3. The highest BCUT2D eigenvalue weighted by atomic mass is 32.2. The highest BCUT2D eigenvalue weighted by Crippen LogP contribution is 2.39. The van der Waals surface area contributed by atoms with Gasteiger partial charge in [0.05, 0.1) is 32.1 Å². The maximum atomic E-state index is 13.1. The number of piperazine rings is 1. The molecule has 0 saturated carbocycles. The molecule has 0 spiro atoms. The Labute approximate surface area is 612 Å². The summed E-state index contributed by atoms with van der Waals surface area (Å²) in [5, 5.41) is 3.31. The molecule has 0 amide bonds. The summed E-state index contributed by atoms with van der Waals surface area (Å²) in [6.45, 7) is 33.3. The Balaban J connectivity index is 2.38. The molecule has 0 unspecified atom stereocenters. The molecule has 1 N–H and O–H groups in total. The fraction of sp³-hybridized carbons (Fsp3) is 0.961. The average Bonchev–Trinajstić information content (AvgIpc) is 2.03. The summed E-state index contributed by atoms with van der Waals surface area (Å²) < 4.78 is 35.3. The van der Waals surface area contributed by atoms with E-state index in [1.54, 1.807) is 0 Å². The van der Waals surface area contributed by atoms with Crippen molar-refractivity contribution < 1.29 is 42.8 Å². The van der Waals surface area contributed by atoms with Gasteiger partial charge >= 0.3 is 17.9 Å². The van der Waals surface area contributed by atoms with Crippen molar-refractivity contribution in [2.24, 2.45) is 0 Å². The summed E-state index contributed by atoms with van der Waals surface area (Å²) in [4.78, 5) is 45.7. The van der Waals surface area contributed by atoms with E-state index in [1.165, 1.54) is 180 Å². The first-order valence-electron chi connectivity index (χ1n) is 39.0. The Bertz CT molecular complexity index is 1640. The lowest BCUT2D eigenvalue weighted by atomic mass is 10.1. The van der Waals surface area contributed by atoms with E-state index in [9.17, 15) is 14.4 Å².